The highest BCUT2D eigenvalue weighted by Crippen LogP contribution is 2.32. The highest BCUT2D eigenvalue weighted by molar-refractivity contribution is 5.93. The summed E-state index contributed by atoms with van der Waals surface area (Å²) in [6.45, 7) is 5.43. The highest BCUT2D eigenvalue weighted by atomic mass is 19.4. The van der Waals surface area contributed by atoms with Crippen molar-refractivity contribution in [2.75, 3.05) is 6.54 Å². The normalized spacial score (nSPS) is 17.5. The summed E-state index contributed by atoms with van der Waals surface area (Å²) in [7, 11) is 0. The molecule has 7 nitrogen and oxygen atoms in total. The number of hydrogen-bond acceptors (Lipinski definition) is 4. The van der Waals surface area contributed by atoms with Crippen molar-refractivity contribution in [1.82, 2.24) is 20.2 Å². The number of halogens is 5. The molecule has 2 heterocycles. The van der Waals surface area contributed by atoms with E-state index in [2.05, 4.69) is 15.3 Å². The van der Waals surface area contributed by atoms with E-state index in [1.54, 1.807) is 6.92 Å². The first-order valence-electron chi connectivity index (χ1n) is 13.4. The number of rotatable bonds is 11. The zero-order valence-corrected chi connectivity index (χ0v) is 22.8. The monoisotopic (exact) mass is 570 g/mol. The van der Waals surface area contributed by atoms with Gasteiger partial charge >= 0.3 is 6.18 Å². The molecule has 1 aromatic carbocycles. The van der Waals surface area contributed by atoms with Gasteiger partial charge in [0.1, 0.15) is 23.5 Å². The molecule has 1 aliphatic heterocycles. The number of carbonyl (C=O) groups is 3. The fraction of sp³-hybridized carbons (Fsp3) is 0.571. The average Bonchev–Trinajstić information content (AvgIpc) is 3.36. The third-order valence-corrected chi connectivity index (χ3v) is 7.04. The van der Waals surface area contributed by atoms with E-state index in [1.807, 2.05) is 13.8 Å². The lowest BCUT2D eigenvalue weighted by Crippen LogP contribution is -2.53. The van der Waals surface area contributed by atoms with E-state index in [9.17, 15) is 36.3 Å². The molecule has 0 spiro atoms. The number of piperidine rings is 1. The standard InChI is InChI=1S/C28H35F5N4O3/c1-16(2)7-10-25(39)35-21(14-26(40)37-11-5-4-6-24(37)28(31,32)33)23(38)12-17(3)27-34-15-22(36-27)19-9-8-18(29)13-20(19)30/h8-9,13,15-17,21,24H,4-7,10-12,14H2,1-3H3,(H,34,36)(H,35,39)/t17-,21+,24-/m1/s1. The summed E-state index contributed by atoms with van der Waals surface area (Å²) < 4.78 is 68.2. The van der Waals surface area contributed by atoms with E-state index < -0.39 is 59.8 Å². The Kier molecular flexibility index (Phi) is 10.4. The molecule has 1 fully saturated rings. The van der Waals surface area contributed by atoms with E-state index in [-0.39, 0.29) is 43.0 Å². The number of ketones is 1. The van der Waals surface area contributed by atoms with Crippen molar-refractivity contribution >= 4 is 17.6 Å². The number of nitrogens with one attached hydrogen (secondary N) is 2. The molecule has 220 valence electrons. The molecular formula is C28H35F5N4O3. The SMILES string of the molecule is CC(C)CCC(=O)N[C@@H](CC(=O)N1CCCC[C@@H]1C(F)(F)F)C(=O)C[C@@H](C)c1ncc(-c2ccc(F)cc2F)[nH]1. The van der Waals surface area contributed by atoms with Gasteiger partial charge in [0.05, 0.1) is 24.4 Å². The Bertz CT molecular complexity index is 1200. The molecule has 1 saturated heterocycles. The maximum atomic E-state index is 14.2. The number of Topliss-reactive ketones (excluding diaryl/α,β-unsaturated/α-hetero) is 1. The van der Waals surface area contributed by atoms with Gasteiger partial charge in [-0.1, -0.05) is 20.8 Å². The molecule has 0 bridgehead atoms. The Hall–Kier alpha value is -3.31. The lowest BCUT2D eigenvalue weighted by atomic mass is 9.95. The van der Waals surface area contributed by atoms with Crippen molar-refractivity contribution in [3.8, 4) is 11.3 Å². The fourth-order valence-electron chi connectivity index (χ4n) is 4.77. The van der Waals surface area contributed by atoms with Crippen LogP contribution in [0.5, 0.6) is 0 Å². The number of amides is 2. The van der Waals surface area contributed by atoms with Crippen LogP contribution in [0.25, 0.3) is 11.3 Å². The van der Waals surface area contributed by atoms with Gasteiger partial charge in [-0.15, -0.1) is 0 Å². The molecule has 0 radical (unpaired) electrons. The first-order valence-corrected chi connectivity index (χ1v) is 13.4. The molecular weight excluding hydrogens is 535 g/mol. The molecule has 2 amide bonds. The summed E-state index contributed by atoms with van der Waals surface area (Å²) in [5, 5.41) is 2.56. The van der Waals surface area contributed by atoms with Crippen LogP contribution in [0.1, 0.15) is 77.5 Å². The van der Waals surface area contributed by atoms with Gasteiger partial charge in [0, 0.05) is 36.9 Å². The predicted octanol–water partition coefficient (Wildman–Crippen LogP) is 5.67. The average molecular weight is 571 g/mol. The Morgan fingerprint density at radius 3 is 2.50 bits per heavy atom. The van der Waals surface area contributed by atoms with Crippen molar-refractivity contribution in [2.45, 2.75) is 89.9 Å². The topological polar surface area (TPSA) is 95.2 Å². The minimum absolute atomic E-state index is 0.0727. The van der Waals surface area contributed by atoms with Crippen molar-refractivity contribution in [2.24, 2.45) is 5.92 Å². The maximum Gasteiger partial charge on any atom is 0.408 e. The van der Waals surface area contributed by atoms with Crippen molar-refractivity contribution < 1.29 is 36.3 Å². The van der Waals surface area contributed by atoms with Crippen LogP contribution in [0.2, 0.25) is 0 Å². The van der Waals surface area contributed by atoms with Crippen LogP contribution in [0, 0.1) is 17.6 Å². The lowest BCUT2D eigenvalue weighted by Gasteiger charge is -2.37. The van der Waals surface area contributed by atoms with Crippen LogP contribution in [0.4, 0.5) is 22.0 Å². The van der Waals surface area contributed by atoms with Crippen LogP contribution in [0.3, 0.4) is 0 Å². The minimum Gasteiger partial charge on any atom is -0.346 e. The Morgan fingerprint density at radius 1 is 1.12 bits per heavy atom. The van der Waals surface area contributed by atoms with Gasteiger partial charge in [-0.05, 0) is 43.7 Å². The first-order chi connectivity index (χ1) is 18.8. The Labute approximate surface area is 229 Å². The van der Waals surface area contributed by atoms with Gasteiger partial charge in [-0.25, -0.2) is 13.8 Å². The molecule has 0 aliphatic carbocycles. The molecule has 40 heavy (non-hydrogen) atoms. The molecule has 2 aromatic rings. The lowest BCUT2D eigenvalue weighted by molar-refractivity contribution is -0.196. The molecule has 1 aliphatic rings. The summed E-state index contributed by atoms with van der Waals surface area (Å²) in [5.41, 5.74) is 0.351. The second-order valence-electron chi connectivity index (χ2n) is 10.8. The third-order valence-electron chi connectivity index (χ3n) is 7.04. The molecule has 2 N–H and O–H groups in total. The minimum atomic E-state index is -4.59. The second kappa shape index (κ2) is 13.4. The first kappa shape index (κ1) is 31.2. The summed E-state index contributed by atoms with van der Waals surface area (Å²) in [6, 6.07) is -0.150. The van der Waals surface area contributed by atoms with Crippen LogP contribution in [-0.2, 0) is 14.4 Å². The van der Waals surface area contributed by atoms with Crippen molar-refractivity contribution in [3.63, 3.8) is 0 Å². The fourth-order valence-corrected chi connectivity index (χ4v) is 4.77. The number of alkyl halides is 3. The quantitative estimate of drug-likeness (QED) is 0.340. The van der Waals surface area contributed by atoms with Gasteiger partial charge < -0.3 is 15.2 Å². The molecule has 3 atom stereocenters. The zero-order chi connectivity index (χ0) is 29.6. The second-order valence-corrected chi connectivity index (χ2v) is 10.8. The van der Waals surface area contributed by atoms with Crippen LogP contribution in [-0.4, -0.2) is 57.3 Å². The van der Waals surface area contributed by atoms with Gasteiger partial charge in [-0.3, -0.25) is 14.4 Å². The van der Waals surface area contributed by atoms with E-state index in [0.29, 0.717) is 25.1 Å². The largest absolute Gasteiger partial charge is 0.408 e. The number of likely N-dealkylation sites (tertiary alicyclic amines) is 1. The van der Waals surface area contributed by atoms with Crippen molar-refractivity contribution in [1.29, 1.82) is 0 Å². The Balaban J connectivity index is 1.75. The van der Waals surface area contributed by atoms with Gasteiger partial charge in [-0.2, -0.15) is 13.2 Å². The molecule has 0 unspecified atom stereocenters. The van der Waals surface area contributed by atoms with E-state index in [1.165, 1.54) is 12.3 Å². The molecule has 12 heteroatoms. The highest BCUT2D eigenvalue weighted by Gasteiger charge is 2.46. The number of imidazole rings is 1. The maximum absolute atomic E-state index is 14.2. The molecule has 1 aromatic heterocycles. The van der Waals surface area contributed by atoms with E-state index in [0.717, 1.165) is 17.0 Å². The Morgan fingerprint density at radius 2 is 1.85 bits per heavy atom. The number of nitrogens with zero attached hydrogens (tertiary/aromatic N) is 2. The summed E-state index contributed by atoms with van der Waals surface area (Å²) >= 11 is 0. The zero-order valence-electron chi connectivity index (χ0n) is 22.8. The van der Waals surface area contributed by atoms with E-state index >= 15 is 0 Å². The van der Waals surface area contributed by atoms with Crippen LogP contribution in [0.15, 0.2) is 24.4 Å². The van der Waals surface area contributed by atoms with Gasteiger partial charge in [0.2, 0.25) is 11.8 Å². The smallest absolute Gasteiger partial charge is 0.346 e. The van der Waals surface area contributed by atoms with E-state index in [4.69, 9.17) is 0 Å². The van der Waals surface area contributed by atoms with Gasteiger partial charge in [0.15, 0.2) is 5.78 Å². The third kappa shape index (κ3) is 8.34. The number of H-pyrrole nitrogens is 1. The van der Waals surface area contributed by atoms with Crippen LogP contribution < -0.4 is 5.32 Å². The van der Waals surface area contributed by atoms with Crippen LogP contribution >= 0.6 is 0 Å². The number of carbonyl (C=O) groups excluding carboxylic acids is 3. The van der Waals surface area contributed by atoms with Crippen molar-refractivity contribution in [3.05, 3.63) is 41.9 Å². The molecule has 0 saturated carbocycles. The van der Waals surface area contributed by atoms with Gasteiger partial charge in [0.25, 0.3) is 0 Å². The predicted molar refractivity (Wildman–Crippen MR) is 138 cm³/mol. The number of benzene rings is 1. The number of aromatic amines is 1. The number of aromatic nitrogens is 2. The summed E-state index contributed by atoms with van der Waals surface area (Å²) in [4.78, 5) is 46.8. The summed E-state index contributed by atoms with van der Waals surface area (Å²) in [6.07, 6.45) is -2.84. The summed E-state index contributed by atoms with van der Waals surface area (Å²) in [5.74, 6) is -3.41. The number of hydrogen-bond donors (Lipinski definition) is 2. The molecule has 3 rings (SSSR count).